The Kier molecular flexibility index (Phi) is 4.61. The van der Waals surface area contributed by atoms with Crippen molar-refractivity contribution in [1.29, 1.82) is 0 Å². The molecule has 2 rings (SSSR count). The maximum absolute atomic E-state index is 12.1. The van der Waals surface area contributed by atoms with Gasteiger partial charge >= 0.3 is 0 Å². The lowest BCUT2D eigenvalue weighted by Crippen LogP contribution is -2.27. The largest absolute Gasteiger partial charge is 0.497 e. The van der Waals surface area contributed by atoms with E-state index in [9.17, 15) is 4.79 Å². The second-order valence-electron chi connectivity index (χ2n) is 4.22. The summed E-state index contributed by atoms with van der Waals surface area (Å²) in [6.45, 7) is 0. The van der Waals surface area contributed by atoms with Crippen LogP contribution in [0.1, 0.15) is 11.6 Å². The fourth-order valence-electron chi connectivity index (χ4n) is 1.75. The van der Waals surface area contributed by atoms with Crippen LogP contribution < -0.4 is 15.8 Å². The van der Waals surface area contributed by atoms with Crippen LogP contribution >= 0.6 is 11.6 Å². The number of benzene rings is 2. The first kappa shape index (κ1) is 14.4. The smallest absolute Gasteiger partial charge is 0.245 e. The quantitative estimate of drug-likeness (QED) is 0.910. The highest BCUT2D eigenvalue weighted by Gasteiger charge is 2.16. The number of nitrogens with one attached hydrogen (secondary N) is 1. The van der Waals surface area contributed by atoms with Gasteiger partial charge < -0.3 is 15.8 Å². The minimum Gasteiger partial charge on any atom is -0.497 e. The first-order valence-corrected chi connectivity index (χ1v) is 6.44. The lowest BCUT2D eigenvalue weighted by Gasteiger charge is -2.14. The molecule has 0 aromatic heterocycles. The van der Waals surface area contributed by atoms with Crippen molar-refractivity contribution in [3.05, 3.63) is 59.1 Å². The Bertz CT molecular complexity index is 602. The van der Waals surface area contributed by atoms with Crippen LogP contribution in [0.4, 0.5) is 5.69 Å². The number of carbonyl (C=O) groups excluding carboxylic acids is 1. The van der Waals surface area contributed by atoms with Crippen LogP contribution in [0.5, 0.6) is 5.75 Å². The molecule has 0 aliphatic rings. The van der Waals surface area contributed by atoms with Crippen molar-refractivity contribution in [2.45, 2.75) is 6.04 Å². The van der Waals surface area contributed by atoms with E-state index < -0.39 is 6.04 Å². The third kappa shape index (κ3) is 3.29. The highest BCUT2D eigenvalue weighted by molar-refractivity contribution is 6.33. The number of nitrogens with two attached hydrogens (primary N) is 1. The Labute approximate surface area is 122 Å². The first-order valence-electron chi connectivity index (χ1n) is 6.06. The molecule has 0 aliphatic heterocycles. The minimum atomic E-state index is -0.751. The fourth-order valence-corrected chi connectivity index (χ4v) is 1.91. The molecule has 1 atom stereocenters. The van der Waals surface area contributed by atoms with Gasteiger partial charge in [-0.2, -0.15) is 0 Å². The summed E-state index contributed by atoms with van der Waals surface area (Å²) in [6, 6.07) is 13.4. The number of methoxy groups -OCH3 is 1. The van der Waals surface area contributed by atoms with E-state index in [-0.39, 0.29) is 5.91 Å². The number of halogens is 1. The van der Waals surface area contributed by atoms with E-state index >= 15 is 0 Å². The molecule has 2 aromatic rings. The van der Waals surface area contributed by atoms with Crippen LogP contribution in [0.15, 0.2) is 48.5 Å². The van der Waals surface area contributed by atoms with Crippen molar-refractivity contribution in [3.8, 4) is 5.75 Å². The van der Waals surface area contributed by atoms with Gasteiger partial charge in [0.15, 0.2) is 0 Å². The zero-order chi connectivity index (χ0) is 14.5. The number of hydrogen-bond donors (Lipinski definition) is 2. The first-order chi connectivity index (χ1) is 9.61. The Morgan fingerprint density at radius 1 is 1.25 bits per heavy atom. The van der Waals surface area contributed by atoms with E-state index in [1.807, 2.05) is 18.2 Å². The van der Waals surface area contributed by atoms with Gasteiger partial charge in [-0.15, -0.1) is 0 Å². The fraction of sp³-hybridized carbons (Fsp3) is 0.133. The highest BCUT2D eigenvalue weighted by Crippen LogP contribution is 2.27. The van der Waals surface area contributed by atoms with Crippen molar-refractivity contribution >= 4 is 23.2 Å². The highest BCUT2D eigenvalue weighted by atomic mass is 35.5. The second kappa shape index (κ2) is 6.41. The predicted octanol–water partition coefficient (Wildman–Crippen LogP) is 2.99. The zero-order valence-electron chi connectivity index (χ0n) is 11.0. The molecule has 1 unspecified atom stereocenters. The van der Waals surface area contributed by atoms with Gasteiger partial charge in [0, 0.05) is 6.07 Å². The maximum atomic E-state index is 12.1. The number of carbonyl (C=O) groups is 1. The Morgan fingerprint density at radius 2 is 1.95 bits per heavy atom. The summed E-state index contributed by atoms with van der Waals surface area (Å²) in [6.07, 6.45) is 0. The molecule has 0 aliphatic carbocycles. The van der Waals surface area contributed by atoms with E-state index in [1.54, 1.807) is 37.4 Å². The van der Waals surface area contributed by atoms with Crippen LogP contribution in [0.2, 0.25) is 5.02 Å². The van der Waals surface area contributed by atoms with Gasteiger partial charge in [0.1, 0.15) is 11.8 Å². The monoisotopic (exact) mass is 290 g/mol. The molecule has 20 heavy (non-hydrogen) atoms. The molecular weight excluding hydrogens is 276 g/mol. The van der Waals surface area contributed by atoms with E-state index in [2.05, 4.69) is 5.32 Å². The van der Waals surface area contributed by atoms with Gasteiger partial charge in [-0.25, -0.2) is 0 Å². The SMILES string of the molecule is COc1ccc(Cl)c(NC(=O)C(N)c2ccccc2)c1. The average Bonchev–Trinajstić information content (AvgIpc) is 2.49. The van der Waals surface area contributed by atoms with Crippen molar-refractivity contribution in [3.63, 3.8) is 0 Å². The molecule has 5 heteroatoms. The van der Waals surface area contributed by atoms with E-state index in [0.29, 0.717) is 16.5 Å². The molecule has 104 valence electrons. The van der Waals surface area contributed by atoms with Gasteiger partial charge in [-0.05, 0) is 17.7 Å². The lowest BCUT2D eigenvalue weighted by molar-refractivity contribution is -0.117. The maximum Gasteiger partial charge on any atom is 0.245 e. The van der Waals surface area contributed by atoms with Crippen LogP contribution in [-0.2, 0) is 4.79 Å². The van der Waals surface area contributed by atoms with Gasteiger partial charge in [-0.3, -0.25) is 4.79 Å². The summed E-state index contributed by atoms with van der Waals surface area (Å²) in [5, 5.41) is 3.14. The molecule has 0 saturated carbocycles. The van der Waals surface area contributed by atoms with Crippen molar-refractivity contribution in [2.24, 2.45) is 5.73 Å². The van der Waals surface area contributed by atoms with E-state index in [4.69, 9.17) is 22.1 Å². The summed E-state index contributed by atoms with van der Waals surface area (Å²) in [5.74, 6) is 0.282. The molecule has 2 aromatic carbocycles. The van der Waals surface area contributed by atoms with Crippen LogP contribution in [-0.4, -0.2) is 13.0 Å². The number of anilines is 1. The normalized spacial score (nSPS) is 11.8. The summed E-state index contributed by atoms with van der Waals surface area (Å²) < 4.78 is 5.10. The minimum absolute atomic E-state index is 0.327. The molecular formula is C15H15ClN2O2. The van der Waals surface area contributed by atoms with Crippen LogP contribution in [0.3, 0.4) is 0 Å². The predicted molar refractivity (Wildman–Crippen MR) is 80.0 cm³/mol. The van der Waals surface area contributed by atoms with Crippen LogP contribution in [0, 0.1) is 0 Å². The topological polar surface area (TPSA) is 64.3 Å². The standard InChI is InChI=1S/C15H15ClN2O2/c1-20-11-7-8-12(16)13(9-11)18-15(19)14(17)10-5-3-2-4-6-10/h2-9,14H,17H2,1H3,(H,18,19). The molecule has 1 amide bonds. The van der Waals surface area contributed by atoms with Crippen molar-refractivity contribution in [2.75, 3.05) is 12.4 Å². The Hall–Kier alpha value is -2.04. The molecule has 0 radical (unpaired) electrons. The summed E-state index contributed by atoms with van der Waals surface area (Å²) in [5.41, 5.74) is 7.13. The van der Waals surface area contributed by atoms with E-state index in [0.717, 1.165) is 5.56 Å². The Morgan fingerprint density at radius 3 is 2.60 bits per heavy atom. The van der Waals surface area contributed by atoms with Gasteiger partial charge in [0.2, 0.25) is 5.91 Å². The number of hydrogen-bond acceptors (Lipinski definition) is 3. The molecule has 0 heterocycles. The summed E-state index contributed by atoms with van der Waals surface area (Å²) in [4.78, 5) is 12.1. The van der Waals surface area contributed by atoms with Gasteiger partial charge in [0.25, 0.3) is 0 Å². The lowest BCUT2D eigenvalue weighted by atomic mass is 10.1. The van der Waals surface area contributed by atoms with E-state index in [1.165, 1.54) is 0 Å². The van der Waals surface area contributed by atoms with Crippen LogP contribution in [0.25, 0.3) is 0 Å². The van der Waals surface area contributed by atoms with Gasteiger partial charge in [0.05, 0.1) is 17.8 Å². The number of ether oxygens (including phenoxy) is 1. The Balaban J connectivity index is 2.15. The summed E-state index contributed by atoms with van der Waals surface area (Å²) >= 11 is 6.04. The average molecular weight is 291 g/mol. The number of amides is 1. The van der Waals surface area contributed by atoms with Crippen molar-refractivity contribution in [1.82, 2.24) is 0 Å². The molecule has 0 spiro atoms. The summed E-state index contributed by atoms with van der Waals surface area (Å²) in [7, 11) is 1.55. The molecule has 3 N–H and O–H groups in total. The van der Waals surface area contributed by atoms with Crippen molar-refractivity contribution < 1.29 is 9.53 Å². The second-order valence-corrected chi connectivity index (χ2v) is 4.63. The zero-order valence-corrected chi connectivity index (χ0v) is 11.7. The van der Waals surface area contributed by atoms with Gasteiger partial charge in [-0.1, -0.05) is 41.9 Å². The molecule has 0 bridgehead atoms. The number of rotatable bonds is 4. The molecule has 0 fully saturated rings. The molecule has 0 saturated heterocycles. The third-order valence-corrected chi connectivity index (χ3v) is 3.20. The molecule has 4 nitrogen and oxygen atoms in total. The third-order valence-electron chi connectivity index (χ3n) is 2.87.